The third-order valence-corrected chi connectivity index (χ3v) is 7.59. The summed E-state index contributed by atoms with van der Waals surface area (Å²) in [5.74, 6) is -2.33. The van der Waals surface area contributed by atoms with Crippen LogP contribution in [-0.4, -0.2) is 64.2 Å². The van der Waals surface area contributed by atoms with E-state index in [9.17, 15) is 19.5 Å². The Balaban J connectivity index is 1.87. The Hall–Kier alpha value is -2.45. The highest BCUT2D eigenvalue weighted by atomic mass is 16.5. The van der Waals surface area contributed by atoms with Gasteiger partial charge in [-0.3, -0.25) is 14.4 Å². The van der Waals surface area contributed by atoms with Crippen LogP contribution in [0.4, 0.5) is 0 Å². The minimum absolute atomic E-state index is 0.242. The van der Waals surface area contributed by atoms with Gasteiger partial charge in [0, 0.05) is 12.6 Å². The zero-order chi connectivity index (χ0) is 24.2. The van der Waals surface area contributed by atoms with Crippen LogP contribution in [0, 0.1) is 11.8 Å². The van der Waals surface area contributed by atoms with Gasteiger partial charge in [0.2, 0.25) is 17.7 Å². The molecule has 3 heterocycles. The SMILES string of the molecule is CC[C@@]12CCC3(O1)C(C(=O)NC(C)(C)C)N([C@H](CO)c1ccccc1)C(=O)[C@@H]3[C@@H]2C(=O)NC. The van der Waals surface area contributed by atoms with E-state index >= 15 is 0 Å². The molecule has 3 fully saturated rings. The summed E-state index contributed by atoms with van der Waals surface area (Å²) in [7, 11) is 1.56. The molecule has 3 aliphatic rings. The van der Waals surface area contributed by atoms with Crippen molar-refractivity contribution >= 4 is 17.7 Å². The average molecular weight is 458 g/mol. The summed E-state index contributed by atoms with van der Waals surface area (Å²) in [6.45, 7) is 7.27. The van der Waals surface area contributed by atoms with Gasteiger partial charge in [-0.1, -0.05) is 37.3 Å². The van der Waals surface area contributed by atoms with E-state index in [4.69, 9.17) is 4.74 Å². The van der Waals surface area contributed by atoms with Gasteiger partial charge < -0.3 is 25.4 Å². The van der Waals surface area contributed by atoms with E-state index in [1.54, 1.807) is 7.05 Å². The molecule has 0 saturated carbocycles. The molecule has 8 nitrogen and oxygen atoms in total. The number of amides is 3. The van der Waals surface area contributed by atoms with Crippen LogP contribution in [0.1, 0.15) is 58.6 Å². The van der Waals surface area contributed by atoms with Crippen molar-refractivity contribution in [1.82, 2.24) is 15.5 Å². The van der Waals surface area contributed by atoms with Crippen molar-refractivity contribution < 1.29 is 24.2 Å². The second kappa shape index (κ2) is 8.09. The molecule has 0 radical (unpaired) electrons. The predicted molar refractivity (Wildman–Crippen MR) is 122 cm³/mol. The molecular formula is C25H35N3O5. The third kappa shape index (κ3) is 3.46. The summed E-state index contributed by atoms with van der Waals surface area (Å²) < 4.78 is 6.67. The summed E-state index contributed by atoms with van der Waals surface area (Å²) in [6, 6.07) is 7.53. The van der Waals surface area contributed by atoms with Crippen molar-refractivity contribution in [1.29, 1.82) is 0 Å². The van der Waals surface area contributed by atoms with Crippen LogP contribution < -0.4 is 10.6 Å². The van der Waals surface area contributed by atoms with E-state index in [1.807, 2.05) is 58.0 Å². The highest BCUT2D eigenvalue weighted by Gasteiger charge is 2.79. The minimum Gasteiger partial charge on any atom is -0.394 e. The molecule has 3 aliphatic heterocycles. The largest absolute Gasteiger partial charge is 0.394 e. The second-order valence-electron chi connectivity index (χ2n) is 10.5. The summed E-state index contributed by atoms with van der Waals surface area (Å²) >= 11 is 0. The first-order chi connectivity index (χ1) is 15.5. The number of carbonyl (C=O) groups excluding carboxylic acids is 3. The fourth-order valence-electron chi connectivity index (χ4n) is 6.31. The zero-order valence-electron chi connectivity index (χ0n) is 20.1. The van der Waals surface area contributed by atoms with Crippen LogP contribution in [0.25, 0.3) is 0 Å². The first kappa shape index (κ1) is 23.7. The van der Waals surface area contributed by atoms with E-state index in [2.05, 4.69) is 10.6 Å². The average Bonchev–Trinajstić information content (AvgIpc) is 3.37. The normalized spacial score (nSPS) is 33.7. The van der Waals surface area contributed by atoms with Gasteiger partial charge in [-0.2, -0.15) is 0 Å². The molecule has 180 valence electrons. The van der Waals surface area contributed by atoms with E-state index in [0.29, 0.717) is 19.3 Å². The molecule has 0 aliphatic carbocycles. The summed E-state index contributed by atoms with van der Waals surface area (Å²) in [5, 5.41) is 16.1. The number of fused-ring (bicyclic) bond motifs is 1. The monoisotopic (exact) mass is 457 g/mol. The highest BCUT2D eigenvalue weighted by molar-refractivity contribution is 5.99. The van der Waals surface area contributed by atoms with E-state index < -0.39 is 40.7 Å². The molecule has 4 rings (SSSR count). The van der Waals surface area contributed by atoms with Gasteiger partial charge >= 0.3 is 0 Å². The number of likely N-dealkylation sites (tertiary alicyclic amines) is 1. The molecule has 1 aromatic carbocycles. The van der Waals surface area contributed by atoms with Gasteiger partial charge in [-0.25, -0.2) is 0 Å². The maximum absolute atomic E-state index is 14.1. The fourth-order valence-corrected chi connectivity index (χ4v) is 6.31. The van der Waals surface area contributed by atoms with Crippen molar-refractivity contribution in [3.8, 4) is 0 Å². The molecule has 8 heteroatoms. The number of hydrogen-bond donors (Lipinski definition) is 3. The zero-order valence-corrected chi connectivity index (χ0v) is 20.1. The van der Waals surface area contributed by atoms with Crippen LogP contribution >= 0.6 is 0 Å². The van der Waals surface area contributed by atoms with Crippen LogP contribution in [-0.2, 0) is 19.1 Å². The summed E-state index contributed by atoms with van der Waals surface area (Å²) in [4.78, 5) is 42.4. The van der Waals surface area contributed by atoms with Crippen LogP contribution in [0.3, 0.4) is 0 Å². The lowest BCUT2D eigenvalue weighted by Crippen LogP contribution is -2.59. The molecule has 0 aromatic heterocycles. The van der Waals surface area contributed by atoms with Crippen molar-refractivity contribution in [2.75, 3.05) is 13.7 Å². The lowest BCUT2D eigenvalue weighted by atomic mass is 9.65. The van der Waals surface area contributed by atoms with Crippen LogP contribution in [0.2, 0.25) is 0 Å². The number of carbonyl (C=O) groups is 3. The van der Waals surface area contributed by atoms with Crippen molar-refractivity contribution in [3.63, 3.8) is 0 Å². The summed E-state index contributed by atoms with van der Waals surface area (Å²) in [6.07, 6.45) is 1.69. The molecule has 2 unspecified atom stereocenters. The van der Waals surface area contributed by atoms with Crippen LogP contribution in [0.5, 0.6) is 0 Å². The smallest absolute Gasteiger partial charge is 0.246 e. The lowest BCUT2D eigenvalue weighted by Gasteiger charge is -2.38. The highest BCUT2D eigenvalue weighted by Crippen LogP contribution is 2.65. The van der Waals surface area contributed by atoms with Gasteiger partial charge in [-0.05, 0) is 45.6 Å². The molecular weight excluding hydrogens is 422 g/mol. The Morgan fingerprint density at radius 1 is 1.21 bits per heavy atom. The predicted octanol–water partition coefficient (Wildman–Crippen LogP) is 1.54. The number of benzene rings is 1. The number of nitrogens with zero attached hydrogens (tertiary/aromatic N) is 1. The van der Waals surface area contributed by atoms with E-state index in [1.165, 1.54) is 4.90 Å². The molecule has 33 heavy (non-hydrogen) atoms. The van der Waals surface area contributed by atoms with Gasteiger partial charge in [0.15, 0.2) is 0 Å². The maximum atomic E-state index is 14.1. The second-order valence-corrected chi connectivity index (χ2v) is 10.5. The van der Waals surface area contributed by atoms with Crippen molar-refractivity contribution in [2.45, 2.75) is 75.8 Å². The number of hydrogen-bond acceptors (Lipinski definition) is 5. The number of nitrogens with one attached hydrogen (secondary N) is 2. The minimum atomic E-state index is -1.11. The number of ether oxygens (including phenoxy) is 1. The molecule has 1 spiro atoms. The molecule has 2 bridgehead atoms. The van der Waals surface area contributed by atoms with Gasteiger partial charge in [0.1, 0.15) is 11.6 Å². The Morgan fingerprint density at radius 3 is 2.42 bits per heavy atom. The number of rotatable bonds is 6. The standard InChI is InChI=1S/C25H35N3O5/c1-6-24-12-13-25(33-24)18(17(24)20(30)26-5)22(32)28(19(25)21(31)27-23(2,3)4)16(14-29)15-10-8-7-9-11-15/h7-11,16-19,29H,6,12-14H2,1-5H3,(H,26,30)(H,27,31)/t16-,17-,18+,19?,24+,25?/m1/s1. The quantitative estimate of drug-likeness (QED) is 0.601. The molecule has 3 N–H and O–H groups in total. The molecule has 1 aromatic rings. The number of aliphatic hydroxyl groups excluding tert-OH is 1. The first-order valence-corrected chi connectivity index (χ1v) is 11.8. The Labute approximate surface area is 195 Å². The van der Waals surface area contributed by atoms with Gasteiger partial charge in [0.05, 0.1) is 30.1 Å². The number of aliphatic hydroxyl groups is 1. The van der Waals surface area contributed by atoms with Crippen LogP contribution in [0.15, 0.2) is 30.3 Å². The van der Waals surface area contributed by atoms with Gasteiger partial charge in [-0.15, -0.1) is 0 Å². The molecule has 3 saturated heterocycles. The topological polar surface area (TPSA) is 108 Å². The Bertz CT molecular complexity index is 945. The van der Waals surface area contributed by atoms with Crippen molar-refractivity contribution in [3.05, 3.63) is 35.9 Å². The van der Waals surface area contributed by atoms with E-state index in [0.717, 1.165) is 5.56 Å². The lowest BCUT2D eigenvalue weighted by molar-refractivity contribution is -0.151. The fraction of sp³-hybridized carbons (Fsp3) is 0.640. The van der Waals surface area contributed by atoms with Gasteiger partial charge in [0.25, 0.3) is 0 Å². The molecule has 6 atom stereocenters. The van der Waals surface area contributed by atoms with E-state index in [-0.39, 0.29) is 24.3 Å². The maximum Gasteiger partial charge on any atom is 0.246 e. The third-order valence-electron chi connectivity index (χ3n) is 7.59. The molecule has 3 amide bonds. The first-order valence-electron chi connectivity index (χ1n) is 11.8. The Kier molecular flexibility index (Phi) is 5.81. The van der Waals surface area contributed by atoms with Crippen molar-refractivity contribution in [2.24, 2.45) is 11.8 Å². The Morgan fingerprint density at radius 2 is 1.88 bits per heavy atom. The summed E-state index contributed by atoms with van der Waals surface area (Å²) in [5.41, 5.74) is -1.67.